The number of nitro groups is 1. The maximum absolute atomic E-state index is 13.3. The van der Waals surface area contributed by atoms with E-state index in [-0.39, 0.29) is 5.56 Å². The zero-order valence-corrected chi connectivity index (χ0v) is 12.4. The first-order valence-corrected chi connectivity index (χ1v) is 7.01. The van der Waals surface area contributed by atoms with Crippen LogP contribution < -0.4 is 0 Å². The Morgan fingerprint density at radius 2 is 2.14 bits per heavy atom. The molecule has 1 aromatic heterocycles. The van der Waals surface area contributed by atoms with Gasteiger partial charge in [-0.2, -0.15) is 4.39 Å². The Bertz CT molecular complexity index is 704. The van der Waals surface area contributed by atoms with Gasteiger partial charge in [0.2, 0.25) is 5.82 Å². The Morgan fingerprint density at radius 3 is 2.71 bits per heavy atom. The summed E-state index contributed by atoms with van der Waals surface area (Å²) in [5.74, 6) is -1.40. The van der Waals surface area contributed by atoms with Gasteiger partial charge in [0.05, 0.1) is 15.8 Å². The molecule has 0 bridgehead atoms. The Labute approximate surface area is 128 Å². The van der Waals surface area contributed by atoms with Gasteiger partial charge in [0.25, 0.3) is 5.91 Å². The van der Waals surface area contributed by atoms with Crippen molar-refractivity contribution in [1.29, 1.82) is 0 Å². The van der Waals surface area contributed by atoms with Gasteiger partial charge in [-0.15, -0.1) is 11.3 Å². The van der Waals surface area contributed by atoms with Crippen LogP contribution in [0.25, 0.3) is 0 Å². The molecule has 0 spiro atoms. The highest BCUT2D eigenvalue weighted by atomic mass is 35.5. The minimum atomic E-state index is -0.968. The molecule has 2 aromatic rings. The van der Waals surface area contributed by atoms with E-state index in [1.165, 1.54) is 22.3 Å². The molecule has 0 atom stereocenters. The van der Waals surface area contributed by atoms with Gasteiger partial charge in [0.1, 0.15) is 0 Å². The molecule has 0 aliphatic rings. The fraction of sp³-hybridized carbons (Fsp3) is 0.154. The van der Waals surface area contributed by atoms with Crippen LogP contribution in [0.1, 0.15) is 15.2 Å². The highest BCUT2D eigenvalue weighted by molar-refractivity contribution is 7.16. The van der Waals surface area contributed by atoms with E-state index in [4.69, 9.17) is 11.6 Å². The molecule has 0 aliphatic heterocycles. The molecule has 0 N–H and O–H groups in total. The quantitative estimate of drug-likeness (QED) is 0.634. The van der Waals surface area contributed by atoms with Gasteiger partial charge in [-0.3, -0.25) is 14.9 Å². The van der Waals surface area contributed by atoms with Crippen LogP contribution in [0.3, 0.4) is 0 Å². The first kappa shape index (κ1) is 15.4. The van der Waals surface area contributed by atoms with Crippen molar-refractivity contribution >= 4 is 34.5 Å². The molecule has 0 radical (unpaired) electrons. The Hall–Kier alpha value is -1.99. The summed E-state index contributed by atoms with van der Waals surface area (Å²) < 4.78 is 13.9. The number of benzene rings is 1. The highest BCUT2D eigenvalue weighted by Gasteiger charge is 2.20. The van der Waals surface area contributed by atoms with Crippen molar-refractivity contribution in [3.05, 3.63) is 61.0 Å². The Balaban J connectivity index is 2.19. The highest BCUT2D eigenvalue weighted by Crippen LogP contribution is 2.24. The molecule has 0 aliphatic carbocycles. The van der Waals surface area contributed by atoms with Crippen LogP contribution in [0.5, 0.6) is 0 Å². The van der Waals surface area contributed by atoms with Crippen molar-refractivity contribution in [2.24, 2.45) is 0 Å². The standard InChI is InChI=1S/C13H10ClFN2O3S/c1-16(7-9-3-5-12(14)21-9)13(18)8-2-4-10(15)11(6-8)17(19)20/h2-6H,7H2,1H3. The maximum Gasteiger partial charge on any atom is 0.305 e. The second-order valence-corrected chi connectivity index (χ2v) is 6.09. The van der Waals surface area contributed by atoms with Gasteiger partial charge in [0.15, 0.2) is 0 Å². The molecule has 2 rings (SSSR count). The van der Waals surface area contributed by atoms with Gasteiger partial charge in [0, 0.05) is 23.6 Å². The predicted molar refractivity (Wildman–Crippen MR) is 78.2 cm³/mol. The summed E-state index contributed by atoms with van der Waals surface area (Å²) in [6.07, 6.45) is 0. The van der Waals surface area contributed by atoms with Gasteiger partial charge < -0.3 is 4.90 Å². The Morgan fingerprint density at radius 1 is 1.43 bits per heavy atom. The molecule has 5 nitrogen and oxygen atoms in total. The number of hydrogen-bond acceptors (Lipinski definition) is 4. The monoisotopic (exact) mass is 328 g/mol. The summed E-state index contributed by atoms with van der Waals surface area (Å²) in [7, 11) is 1.56. The van der Waals surface area contributed by atoms with Crippen molar-refractivity contribution in [3.63, 3.8) is 0 Å². The first-order chi connectivity index (χ1) is 9.88. The van der Waals surface area contributed by atoms with Gasteiger partial charge >= 0.3 is 5.69 Å². The molecule has 1 aromatic carbocycles. The van der Waals surface area contributed by atoms with E-state index in [0.29, 0.717) is 10.9 Å². The smallest absolute Gasteiger partial charge is 0.305 e. The lowest BCUT2D eigenvalue weighted by atomic mass is 10.1. The van der Waals surface area contributed by atoms with Crippen molar-refractivity contribution in [1.82, 2.24) is 4.90 Å². The average molecular weight is 329 g/mol. The maximum atomic E-state index is 13.3. The summed E-state index contributed by atoms with van der Waals surface area (Å²) in [6.45, 7) is 0.321. The molecule has 110 valence electrons. The third-order valence-corrected chi connectivity index (χ3v) is 3.97. The van der Waals surface area contributed by atoms with Crippen molar-refractivity contribution in [2.45, 2.75) is 6.54 Å². The summed E-state index contributed by atoms with van der Waals surface area (Å²) in [6, 6.07) is 6.60. The normalized spacial score (nSPS) is 10.4. The largest absolute Gasteiger partial charge is 0.337 e. The van der Waals surface area contributed by atoms with Crippen LogP contribution in [0.15, 0.2) is 30.3 Å². The van der Waals surface area contributed by atoms with E-state index in [1.807, 2.05) is 0 Å². The van der Waals surface area contributed by atoms with E-state index >= 15 is 0 Å². The van der Waals surface area contributed by atoms with Crippen molar-refractivity contribution in [2.75, 3.05) is 7.05 Å². The van der Waals surface area contributed by atoms with E-state index < -0.39 is 22.3 Å². The third kappa shape index (κ3) is 3.56. The van der Waals surface area contributed by atoms with E-state index in [9.17, 15) is 19.3 Å². The number of amides is 1. The Kier molecular flexibility index (Phi) is 4.54. The number of carbonyl (C=O) groups is 1. The zero-order valence-electron chi connectivity index (χ0n) is 10.9. The molecule has 8 heteroatoms. The fourth-order valence-electron chi connectivity index (χ4n) is 1.75. The zero-order chi connectivity index (χ0) is 15.6. The predicted octanol–water partition coefficient (Wildman–Crippen LogP) is 3.72. The number of halogens is 2. The SMILES string of the molecule is CN(Cc1ccc(Cl)s1)C(=O)c1ccc(F)c([N+](=O)[O-])c1. The topological polar surface area (TPSA) is 63.5 Å². The van der Waals surface area contributed by atoms with Crippen LogP contribution in [-0.2, 0) is 6.54 Å². The number of nitrogens with zero attached hydrogens (tertiary/aromatic N) is 2. The number of nitro benzene ring substituents is 1. The summed E-state index contributed by atoms with van der Waals surface area (Å²) >= 11 is 7.15. The van der Waals surface area contributed by atoms with Crippen molar-refractivity contribution < 1.29 is 14.1 Å². The van der Waals surface area contributed by atoms with Gasteiger partial charge in [-0.1, -0.05) is 11.6 Å². The minimum Gasteiger partial charge on any atom is -0.337 e. The number of carbonyl (C=O) groups excluding carboxylic acids is 1. The van der Waals surface area contributed by atoms with Crippen LogP contribution >= 0.6 is 22.9 Å². The van der Waals surface area contributed by atoms with Gasteiger partial charge in [-0.05, 0) is 24.3 Å². The van der Waals surface area contributed by atoms with Gasteiger partial charge in [-0.25, -0.2) is 0 Å². The average Bonchev–Trinajstić information content (AvgIpc) is 2.83. The summed E-state index contributed by atoms with van der Waals surface area (Å²) in [4.78, 5) is 24.3. The van der Waals surface area contributed by atoms with Crippen LogP contribution in [0, 0.1) is 15.9 Å². The summed E-state index contributed by atoms with van der Waals surface area (Å²) in [5.41, 5.74) is -0.651. The molecule has 0 fully saturated rings. The number of thiophene rings is 1. The van der Waals surface area contributed by atoms with Crippen LogP contribution in [0.4, 0.5) is 10.1 Å². The minimum absolute atomic E-state index is 0.0632. The lowest BCUT2D eigenvalue weighted by molar-refractivity contribution is -0.387. The molecular formula is C13H10ClFN2O3S. The molecule has 1 heterocycles. The molecule has 0 saturated carbocycles. The number of rotatable bonds is 4. The molecular weight excluding hydrogens is 319 g/mol. The van der Waals surface area contributed by atoms with E-state index in [2.05, 4.69) is 0 Å². The molecule has 1 amide bonds. The molecule has 0 saturated heterocycles. The molecule has 21 heavy (non-hydrogen) atoms. The molecule has 0 unspecified atom stereocenters. The second kappa shape index (κ2) is 6.19. The summed E-state index contributed by atoms with van der Waals surface area (Å²) in [5, 5.41) is 10.7. The lowest BCUT2D eigenvalue weighted by Crippen LogP contribution is -2.25. The second-order valence-electron chi connectivity index (χ2n) is 4.29. The number of hydrogen-bond donors (Lipinski definition) is 0. The van der Waals surface area contributed by atoms with E-state index in [0.717, 1.165) is 17.0 Å². The van der Waals surface area contributed by atoms with Crippen molar-refractivity contribution in [3.8, 4) is 0 Å². The first-order valence-electron chi connectivity index (χ1n) is 5.82. The fourth-order valence-corrected chi connectivity index (χ4v) is 2.89. The third-order valence-electron chi connectivity index (χ3n) is 2.76. The van der Waals surface area contributed by atoms with E-state index in [1.54, 1.807) is 19.2 Å². The lowest BCUT2D eigenvalue weighted by Gasteiger charge is -2.16. The van der Waals surface area contributed by atoms with Crippen LogP contribution in [0.2, 0.25) is 4.34 Å². The van der Waals surface area contributed by atoms with Crippen LogP contribution in [-0.4, -0.2) is 22.8 Å².